The van der Waals surface area contributed by atoms with Crippen LogP contribution in [0, 0.1) is 0 Å². The van der Waals surface area contributed by atoms with Gasteiger partial charge in [-0.05, 0) is 11.4 Å². The molecule has 1 heterocycles. The fourth-order valence-electron chi connectivity index (χ4n) is 1.51. The van der Waals surface area contributed by atoms with Crippen molar-refractivity contribution in [2.75, 3.05) is 33.4 Å². The normalized spacial score (nSPS) is 11.6. The molecule has 0 unspecified atom stereocenters. The second-order valence-corrected chi connectivity index (χ2v) is 5.14. The van der Waals surface area contributed by atoms with Crippen molar-refractivity contribution in [1.29, 1.82) is 0 Å². The average Bonchev–Trinajstić information content (AvgIpc) is 2.85. The highest BCUT2D eigenvalue weighted by atomic mass is 32.1. The van der Waals surface area contributed by atoms with Crippen LogP contribution in [-0.2, 0) is 16.1 Å². The van der Waals surface area contributed by atoms with Gasteiger partial charge < -0.3 is 15.0 Å². The number of hydrogen-bond donors (Lipinski definition) is 1. The van der Waals surface area contributed by atoms with Gasteiger partial charge in [0, 0.05) is 18.5 Å². The van der Waals surface area contributed by atoms with Gasteiger partial charge in [0.25, 0.3) is 0 Å². The number of thiophene rings is 1. The number of carbonyl (C=O) groups is 1. The Bertz CT molecular complexity index is 396. The highest BCUT2D eigenvalue weighted by Gasteiger charge is 2.27. The molecule has 114 valence electrons. The maximum atomic E-state index is 12.0. The molecule has 8 heteroatoms. The molecule has 0 aromatic carbocycles. The van der Waals surface area contributed by atoms with Gasteiger partial charge in [0.1, 0.15) is 0 Å². The molecule has 4 nitrogen and oxygen atoms in total. The summed E-state index contributed by atoms with van der Waals surface area (Å²) in [6.07, 6.45) is -4.31. The van der Waals surface area contributed by atoms with Crippen molar-refractivity contribution in [3.05, 3.63) is 22.4 Å². The predicted octanol–water partition coefficient (Wildman–Crippen LogP) is 1.88. The third-order valence-corrected chi connectivity index (χ3v) is 3.31. The van der Waals surface area contributed by atoms with Crippen molar-refractivity contribution >= 4 is 17.2 Å². The van der Waals surface area contributed by atoms with Crippen molar-refractivity contribution in [1.82, 2.24) is 10.2 Å². The van der Waals surface area contributed by atoms with Gasteiger partial charge in [0.15, 0.2) is 0 Å². The summed E-state index contributed by atoms with van der Waals surface area (Å²) in [7, 11) is 1.51. The number of methoxy groups -OCH3 is 1. The molecule has 1 amide bonds. The zero-order chi connectivity index (χ0) is 15.0. The van der Waals surface area contributed by atoms with Crippen LogP contribution in [0.3, 0.4) is 0 Å². The Labute approximate surface area is 119 Å². The van der Waals surface area contributed by atoms with Gasteiger partial charge in [-0.3, -0.25) is 4.79 Å². The van der Waals surface area contributed by atoms with E-state index in [0.29, 0.717) is 19.7 Å². The summed E-state index contributed by atoms with van der Waals surface area (Å²) >= 11 is 1.50. The van der Waals surface area contributed by atoms with Crippen LogP contribution < -0.4 is 5.32 Å². The Kier molecular flexibility index (Phi) is 6.97. The zero-order valence-electron chi connectivity index (χ0n) is 11.1. The number of nitrogens with zero attached hydrogens (tertiary/aromatic N) is 1. The number of nitrogens with one attached hydrogen (secondary N) is 1. The molecule has 0 bridgehead atoms. The molecule has 0 aliphatic heterocycles. The van der Waals surface area contributed by atoms with Gasteiger partial charge in [0.05, 0.1) is 26.2 Å². The molecule has 0 fully saturated rings. The summed E-state index contributed by atoms with van der Waals surface area (Å²) < 4.78 is 40.9. The highest BCUT2D eigenvalue weighted by molar-refractivity contribution is 7.09. The molecule has 0 radical (unpaired) electrons. The Hall–Kier alpha value is -1.12. The molecular weight excluding hydrogens is 293 g/mol. The first-order chi connectivity index (χ1) is 9.42. The van der Waals surface area contributed by atoms with Crippen LogP contribution in [0.1, 0.15) is 4.88 Å². The summed E-state index contributed by atoms with van der Waals surface area (Å²) in [5.74, 6) is -0.375. The lowest BCUT2D eigenvalue weighted by Gasteiger charge is -2.22. The smallest absolute Gasteiger partial charge is 0.383 e. The Morgan fingerprint density at radius 3 is 2.80 bits per heavy atom. The van der Waals surface area contributed by atoms with E-state index in [1.807, 2.05) is 17.5 Å². The minimum Gasteiger partial charge on any atom is -0.383 e. The van der Waals surface area contributed by atoms with Crippen LogP contribution in [0.15, 0.2) is 17.5 Å². The Morgan fingerprint density at radius 2 is 2.25 bits per heavy atom. The van der Waals surface area contributed by atoms with Gasteiger partial charge in [-0.25, -0.2) is 0 Å². The van der Waals surface area contributed by atoms with E-state index in [-0.39, 0.29) is 12.5 Å². The van der Waals surface area contributed by atoms with Crippen LogP contribution in [0.25, 0.3) is 0 Å². The van der Waals surface area contributed by atoms with Crippen molar-refractivity contribution in [2.45, 2.75) is 12.7 Å². The first-order valence-corrected chi connectivity index (χ1v) is 6.87. The summed E-state index contributed by atoms with van der Waals surface area (Å²) in [5, 5.41) is 3.99. The molecule has 0 saturated carbocycles. The fraction of sp³-hybridized carbons (Fsp3) is 0.583. The monoisotopic (exact) mass is 310 g/mol. The standard InChI is InChI=1S/C12H17F3N2O2S/c1-19-5-4-17(8-10-3-2-6-20-10)11(18)7-16-9-12(13,14)15/h2-3,6,16H,4-5,7-9H2,1H3. The number of amides is 1. The number of rotatable bonds is 8. The maximum absolute atomic E-state index is 12.0. The van der Waals surface area contributed by atoms with Gasteiger partial charge in [0.2, 0.25) is 5.91 Å². The van der Waals surface area contributed by atoms with Gasteiger partial charge in [-0.1, -0.05) is 6.07 Å². The van der Waals surface area contributed by atoms with Crippen molar-refractivity contribution in [3.63, 3.8) is 0 Å². The van der Waals surface area contributed by atoms with E-state index >= 15 is 0 Å². The third-order valence-electron chi connectivity index (χ3n) is 2.45. The van der Waals surface area contributed by atoms with Crippen LogP contribution >= 0.6 is 11.3 Å². The van der Waals surface area contributed by atoms with Crippen molar-refractivity contribution < 1.29 is 22.7 Å². The van der Waals surface area contributed by atoms with Gasteiger partial charge in [-0.2, -0.15) is 13.2 Å². The quantitative estimate of drug-likeness (QED) is 0.797. The number of alkyl halides is 3. The summed E-state index contributed by atoms with van der Waals surface area (Å²) in [6.45, 7) is -0.435. The lowest BCUT2D eigenvalue weighted by Crippen LogP contribution is -2.41. The lowest BCUT2D eigenvalue weighted by atomic mass is 10.3. The molecule has 1 aromatic rings. The van der Waals surface area contributed by atoms with E-state index in [2.05, 4.69) is 5.32 Å². The molecule has 1 rings (SSSR count). The molecule has 0 aliphatic carbocycles. The van der Waals surface area contributed by atoms with E-state index in [0.717, 1.165) is 4.88 Å². The highest BCUT2D eigenvalue weighted by Crippen LogP contribution is 2.13. The van der Waals surface area contributed by atoms with Crippen molar-refractivity contribution in [2.24, 2.45) is 0 Å². The SMILES string of the molecule is COCCN(Cc1cccs1)C(=O)CNCC(F)(F)F. The summed E-state index contributed by atoms with van der Waals surface area (Å²) in [4.78, 5) is 14.4. The second-order valence-electron chi connectivity index (χ2n) is 4.11. The molecule has 1 aromatic heterocycles. The Balaban J connectivity index is 2.47. The second kappa shape index (κ2) is 8.23. The first-order valence-electron chi connectivity index (χ1n) is 5.99. The fourth-order valence-corrected chi connectivity index (χ4v) is 2.23. The van der Waals surface area contributed by atoms with E-state index in [9.17, 15) is 18.0 Å². The molecular formula is C12H17F3N2O2S. The number of carbonyl (C=O) groups excluding carboxylic acids is 1. The summed E-state index contributed by atoms with van der Waals surface area (Å²) in [6, 6.07) is 3.74. The minimum absolute atomic E-state index is 0.339. The van der Waals surface area contributed by atoms with Crippen LogP contribution in [0.4, 0.5) is 13.2 Å². The largest absolute Gasteiger partial charge is 0.401 e. The molecule has 0 spiro atoms. The maximum Gasteiger partial charge on any atom is 0.401 e. The zero-order valence-corrected chi connectivity index (χ0v) is 11.9. The number of ether oxygens (including phenoxy) is 1. The van der Waals surface area contributed by atoms with E-state index in [1.54, 1.807) is 0 Å². The van der Waals surface area contributed by atoms with E-state index in [4.69, 9.17) is 4.74 Å². The first kappa shape index (κ1) is 16.9. The third kappa shape index (κ3) is 6.88. The Morgan fingerprint density at radius 1 is 1.50 bits per heavy atom. The minimum atomic E-state index is -4.31. The number of halogens is 3. The van der Waals surface area contributed by atoms with E-state index < -0.39 is 12.7 Å². The van der Waals surface area contributed by atoms with Crippen LogP contribution in [-0.4, -0.2) is 50.3 Å². The van der Waals surface area contributed by atoms with Crippen LogP contribution in [0.5, 0.6) is 0 Å². The van der Waals surface area contributed by atoms with E-state index in [1.165, 1.54) is 23.3 Å². The predicted molar refractivity (Wildman–Crippen MR) is 70.5 cm³/mol. The molecule has 1 N–H and O–H groups in total. The van der Waals surface area contributed by atoms with Crippen molar-refractivity contribution in [3.8, 4) is 0 Å². The molecule has 0 saturated heterocycles. The lowest BCUT2D eigenvalue weighted by molar-refractivity contribution is -0.135. The summed E-state index contributed by atoms with van der Waals surface area (Å²) in [5.41, 5.74) is 0. The van der Waals surface area contributed by atoms with Gasteiger partial charge >= 0.3 is 6.18 Å². The van der Waals surface area contributed by atoms with Gasteiger partial charge in [-0.15, -0.1) is 11.3 Å². The number of hydrogen-bond acceptors (Lipinski definition) is 4. The topological polar surface area (TPSA) is 41.6 Å². The molecule has 0 aliphatic rings. The molecule has 0 atom stereocenters. The average molecular weight is 310 g/mol. The molecule has 20 heavy (non-hydrogen) atoms. The van der Waals surface area contributed by atoms with Crippen LogP contribution in [0.2, 0.25) is 0 Å².